The van der Waals surface area contributed by atoms with Crippen LogP contribution in [0.2, 0.25) is 0 Å². The molecular weight excluding hydrogens is 293 g/mol. The average Bonchev–Trinajstić information content (AvgIpc) is 2.93. The average molecular weight is 309 g/mol. The third kappa shape index (κ3) is 2.79. The van der Waals surface area contributed by atoms with Crippen LogP contribution in [0.4, 0.5) is 4.39 Å². The highest BCUT2D eigenvalue weighted by Crippen LogP contribution is 2.37. The molecule has 0 saturated carbocycles. The number of ether oxygens (including phenoxy) is 4. The van der Waals surface area contributed by atoms with Crippen LogP contribution in [0.25, 0.3) is 10.4 Å². The number of fused-ring (bicyclic) bond motifs is 1. The molecule has 3 rings (SSSR count). The van der Waals surface area contributed by atoms with Crippen LogP contribution in [0, 0.1) is 0 Å². The molecule has 0 bridgehead atoms. The van der Waals surface area contributed by atoms with Gasteiger partial charge in [0.1, 0.15) is 18.3 Å². The Morgan fingerprint density at radius 3 is 2.82 bits per heavy atom. The first kappa shape index (κ1) is 15.2. The Morgan fingerprint density at radius 1 is 1.36 bits per heavy atom. The van der Waals surface area contributed by atoms with E-state index in [-0.39, 0.29) is 6.61 Å². The summed E-state index contributed by atoms with van der Waals surface area (Å²) in [5.41, 5.74) is 9.57. The van der Waals surface area contributed by atoms with Gasteiger partial charge < -0.3 is 18.9 Å². The van der Waals surface area contributed by atoms with Crippen molar-refractivity contribution in [3.63, 3.8) is 0 Å². The number of rotatable bonds is 4. The fourth-order valence-electron chi connectivity index (χ4n) is 2.76. The van der Waals surface area contributed by atoms with E-state index in [1.54, 1.807) is 0 Å². The lowest BCUT2D eigenvalue weighted by Crippen LogP contribution is -2.43. The van der Waals surface area contributed by atoms with E-state index in [9.17, 15) is 4.39 Å². The van der Waals surface area contributed by atoms with Crippen molar-refractivity contribution in [3.05, 3.63) is 46.3 Å². The molecule has 118 valence electrons. The van der Waals surface area contributed by atoms with Gasteiger partial charge in [-0.1, -0.05) is 35.4 Å². The van der Waals surface area contributed by atoms with E-state index in [0.29, 0.717) is 0 Å². The van der Waals surface area contributed by atoms with Crippen LogP contribution in [-0.4, -0.2) is 44.4 Å². The second-order valence-corrected chi connectivity index (χ2v) is 5.10. The summed E-state index contributed by atoms with van der Waals surface area (Å²) in [4.78, 5) is 2.78. The molecule has 0 radical (unpaired) electrons. The zero-order chi connectivity index (χ0) is 15.5. The number of hydrogen-bond acceptors (Lipinski definition) is 5. The maximum absolute atomic E-state index is 13.8. The van der Waals surface area contributed by atoms with Crippen LogP contribution in [0.1, 0.15) is 11.9 Å². The predicted molar refractivity (Wildman–Crippen MR) is 73.5 cm³/mol. The van der Waals surface area contributed by atoms with E-state index >= 15 is 0 Å². The number of azide groups is 1. The zero-order valence-corrected chi connectivity index (χ0v) is 11.9. The van der Waals surface area contributed by atoms with Gasteiger partial charge in [0, 0.05) is 17.6 Å². The molecule has 2 fully saturated rings. The summed E-state index contributed by atoms with van der Waals surface area (Å²) < 4.78 is 35.5. The van der Waals surface area contributed by atoms with Gasteiger partial charge >= 0.3 is 0 Å². The summed E-state index contributed by atoms with van der Waals surface area (Å²) in [6.45, 7) is 0.231. The first-order valence-corrected chi connectivity index (χ1v) is 6.93. The predicted octanol–water partition coefficient (Wildman–Crippen LogP) is 2.49. The molecule has 1 aromatic rings. The minimum absolute atomic E-state index is 0.231. The molecule has 0 spiro atoms. The van der Waals surface area contributed by atoms with Crippen molar-refractivity contribution in [2.45, 2.75) is 37.0 Å². The summed E-state index contributed by atoms with van der Waals surface area (Å²) in [5, 5.41) is 3.64. The Morgan fingerprint density at radius 2 is 2.14 bits per heavy atom. The van der Waals surface area contributed by atoms with Crippen LogP contribution in [-0.2, 0) is 18.9 Å². The lowest BCUT2D eigenvalue weighted by Gasteiger charge is -2.33. The molecule has 0 aliphatic carbocycles. The highest BCUT2D eigenvalue weighted by Gasteiger charge is 2.51. The van der Waals surface area contributed by atoms with Gasteiger partial charge in [0.2, 0.25) is 6.36 Å². The van der Waals surface area contributed by atoms with E-state index in [0.717, 1.165) is 5.56 Å². The third-order valence-corrected chi connectivity index (χ3v) is 3.80. The maximum Gasteiger partial charge on any atom is 0.225 e. The highest BCUT2D eigenvalue weighted by atomic mass is 19.1. The maximum atomic E-state index is 13.8. The number of nitrogens with zero attached hydrogens (tertiary/aromatic N) is 3. The van der Waals surface area contributed by atoms with Crippen LogP contribution < -0.4 is 0 Å². The number of benzene rings is 1. The van der Waals surface area contributed by atoms with Crippen molar-refractivity contribution in [3.8, 4) is 0 Å². The fourth-order valence-corrected chi connectivity index (χ4v) is 2.76. The minimum Gasteiger partial charge on any atom is -0.364 e. The Kier molecular flexibility index (Phi) is 4.56. The highest BCUT2D eigenvalue weighted by molar-refractivity contribution is 5.17. The summed E-state index contributed by atoms with van der Waals surface area (Å²) in [5.74, 6) is 0. The second-order valence-electron chi connectivity index (χ2n) is 5.10. The van der Waals surface area contributed by atoms with Gasteiger partial charge in [-0.2, -0.15) is 0 Å². The first-order valence-electron chi connectivity index (χ1n) is 6.93. The van der Waals surface area contributed by atoms with E-state index in [1.807, 2.05) is 30.3 Å². The largest absolute Gasteiger partial charge is 0.364 e. The number of halogens is 1. The van der Waals surface area contributed by atoms with Crippen LogP contribution in [0.15, 0.2) is 35.4 Å². The molecule has 2 heterocycles. The molecule has 2 aliphatic rings. The van der Waals surface area contributed by atoms with E-state index in [1.165, 1.54) is 7.11 Å². The molecule has 0 N–H and O–H groups in total. The van der Waals surface area contributed by atoms with Gasteiger partial charge in [-0.15, -0.1) is 0 Å². The van der Waals surface area contributed by atoms with Crippen molar-refractivity contribution in [1.82, 2.24) is 0 Å². The fraction of sp³-hybridized carbons (Fsp3) is 0.571. The van der Waals surface area contributed by atoms with Gasteiger partial charge in [0.05, 0.1) is 12.6 Å². The Bertz CT molecular complexity index is 554. The third-order valence-electron chi connectivity index (χ3n) is 3.80. The molecule has 1 unspecified atom stereocenters. The van der Waals surface area contributed by atoms with Crippen molar-refractivity contribution in [2.75, 3.05) is 13.7 Å². The molecule has 1 aromatic carbocycles. The topological polar surface area (TPSA) is 85.7 Å². The van der Waals surface area contributed by atoms with Crippen LogP contribution >= 0.6 is 0 Å². The molecule has 8 heteroatoms. The number of methoxy groups -OCH3 is 1. The molecule has 0 aromatic heterocycles. The van der Waals surface area contributed by atoms with Gasteiger partial charge in [-0.3, -0.25) is 0 Å². The lowest BCUT2D eigenvalue weighted by atomic mass is 10.0. The van der Waals surface area contributed by atoms with Crippen molar-refractivity contribution in [1.29, 1.82) is 0 Å². The van der Waals surface area contributed by atoms with Gasteiger partial charge in [0.25, 0.3) is 0 Å². The minimum atomic E-state index is -1.69. The van der Waals surface area contributed by atoms with E-state index in [2.05, 4.69) is 14.8 Å². The van der Waals surface area contributed by atoms with Crippen molar-refractivity contribution < 1.29 is 23.3 Å². The first-order chi connectivity index (χ1) is 10.7. The summed E-state index contributed by atoms with van der Waals surface area (Å²) >= 11 is 0. The summed E-state index contributed by atoms with van der Waals surface area (Å²) in [6, 6.07) is 8.56. The molecule has 7 nitrogen and oxygen atoms in total. The van der Waals surface area contributed by atoms with Crippen LogP contribution in [0.3, 0.4) is 0 Å². The number of hydrogen-bond donors (Lipinski definition) is 0. The quantitative estimate of drug-likeness (QED) is 0.486. The number of alkyl halides is 1. The van der Waals surface area contributed by atoms with E-state index in [4.69, 9.17) is 19.7 Å². The standard InChI is InChI=1S/C14H16FN3O4/c1-19-13(15)12-10(17-18-16)11-9(21-12)7-20-14(22-11)8-5-3-2-4-6-8/h2-6,9-14H,7H2,1H3/t9-,10-,11-,12+,13-,14?/m1/s1. The summed E-state index contributed by atoms with van der Waals surface area (Å²) in [7, 11) is 1.23. The molecule has 22 heavy (non-hydrogen) atoms. The van der Waals surface area contributed by atoms with Crippen LogP contribution in [0.5, 0.6) is 0 Å². The second kappa shape index (κ2) is 6.60. The monoisotopic (exact) mass is 309 g/mol. The Labute approximate surface area is 126 Å². The van der Waals surface area contributed by atoms with Crippen molar-refractivity contribution in [2.24, 2.45) is 5.11 Å². The molecule has 2 aliphatic heterocycles. The van der Waals surface area contributed by atoms with Gasteiger partial charge in [0.15, 0.2) is 6.29 Å². The molecule has 6 atom stereocenters. The van der Waals surface area contributed by atoms with Crippen molar-refractivity contribution >= 4 is 0 Å². The van der Waals surface area contributed by atoms with Gasteiger partial charge in [-0.05, 0) is 5.53 Å². The molecular formula is C14H16FN3O4. The van der Waals surface area contributed by atoms with Gasteiger partial charge in [-0.25, -0.2) is 4.39 Å². The normalized spacial score (nSPS) is 35.5. The molecule has 0 amide bonds. The zero-order valence-electron chi connectivity index (χ0n) is 11.9. The SMILES string of the molecule is CO[C@@H](F)[C@H]1O[C@@H]2COC(c3ccccc3)O[C@H]2[C@H]1N=[N+]=[N-]. The lowest BCUT2D eigenvalue weighted by molar-refractivity contribution is -0.247. The Balaban J connectivity index is 1.80. The summed E-state index contributed by atoms with van der Waals surface area (Å²) in [6.07, 6.45) is -4.36. The smallest absolute Gasteiger partial charge is 0.225 e. The Hall–Kier alpha value is -1.70. The van der Waals surface area contributed by atoms with E-state index < -0.39 is 37.0 Å². The molecule has 2 saturated heterocycles.